The number of hydrogen-bond donors (Lipinski definition) is 1. The second kappa shape index (κ2) is 8.91. The zero-order valence-electron chi connectivity index (χ0n) is 19.0. The second-order valence-electron chi connectivity index (χ2n) is 8.45. The van der Waals surface area contributed by atoms with Crippen LogP contribution in [-0.4, -0.2) is 21.6 Å². The molecule has 0 spiro atoms. The Kier molecular flexibility index (Phi) is 6.04. The standard InChI is InChI=1S/C26H29N3O3/c1-5-32-19-12-10-18(11-13-19)14-27-25(30)21-16-29(15-17(2)3)26(31)24-23(21)20-8-6-7-9-22(20)28(24)4/h6-13,16-17H,5,14-15H2,1-4H3,(H,27,30). The number of fused-ring (bicyclic) bond motifs is 3. The Morgan fingerprint density at radius 3 is 2.50 bits per heavy atom. The molecule has 4 aromatic rings. The van der Waals surface area contributed by atoms with Crippen molar-refractivity contribution in [3.63, 3.8) is 0 Å². The number of aryl methyl sites for hydroxylation is 1. The number of aromatic nitrogens is 2. The molecule has 2 heterocycles. The molecule has 4 rings (SSSR count). The summed E-state index contributed by atoms with van der Waals surface area (Å²) in [6.07, 6.45) is 1.71. The Hall–Kier alpha value is -3.54. The van der Waals surface area contributed by atoms with Gasteiger partial charge in [0, 0.05) is 42.6 Å². The van der Waals surface area contributed by atoms with Crippen molar-refractivity contribution >= 4 is 27.7 Å². The van der Waals surface area contributed by atoms with Crippen LogP contribution in [-0.2, 0) is 20.1 Å². The molecule has 0 aliphatic rings. The van der Waals surface area contributed by atoms with Crippen LogP contribution >= 0.6 is 0 Å². The molecule has 0 saturated carbocycles. The molecule has 0 aliphatic carbocycles. The number of ether oxygens (including phenoxy) is 1. The number of nitrogens with zero attached hydrogens (tertiary/aromatic N) is 2. The lowest BCUT2D eigenvalue weighted by atomic mass is 10.1. The van der Waals surface area contributed by atoms with Crippen LogP contribution in [0.4, 0.5) is 0 Å². The van der Waals surface area contributed by atoms with E-state index < -0.39 is 0 Å². The van der Waals surface area contributed by atoms with Crippen molar-refractivity contribution in [1.29, 1.82) is 0 Å². The predicted octanol–water partition coefficient (Wildman–Crippen LogP) is 4.48. The average Bonchev–Trinajstić information content (AvgIpc) is 3.08. The van der Waals surface area contributed by atoms with E-state index in [0.29, 0.717) is 36.2 Å². The number of carbonyl (C=O) groups is 1. The van der Waals surface area contributed by atoms with Gasteiger partial charge in [-0.05, 0) is 36.6 Å². The zero-order valence-corrected chi connectivity index (χ0v) is 19.0. The third-order valence-corrected chi connectivity index (χ3v) is 5.62. The molecule has 2 aromatic carbocycles. The van der Waals surface area contributed by atoms with E-state index in [1.54, 1.807) is 10.8 Å². The summed E-state index contributed by atoms with van der Waals surface area (Å²) in [6, 6.07) is 15.5. The fourth-order valence-corrected chi connectivity index (χ4v) is 4.18. The minimum atomic E-state index is -0.197. The molecule has 0 saturated heterocycles. The Labute approximate surface area is 187 Å². The Morgan fingerprint density at radius 2 is 1.81 bits per heavy atom. The molecule has 0 aliphatic heterocycles. The summed E-state index contributed by atoms with van der Waals surface area (Å²) in [6.45, 7) is 7.62. The number of rotatable bonds is 7. The lowest BCUT2D eigenvalue weighted by Crippen LogP contribution is -2.29. The molecule has 0 unspecified atom stereocenters. The van der Waals surface area contributed by atoms with Gasteiger partial charge in [-0.2, -0.15) is 0 Å². The molecule has 32 heavy (non-hydrogen) atoms. The minimum absolute atomic E-state index is 0.0736. The third-order valence-electron chi connectivity index (χ3n) is 5.62. The summed E-state index contributed by atoms with van der Waals surface area (Å²) in [5.41, 5.74) is 2.91. The fourth-order valence-electron chi connectivity index (χ4n) is 4.18. The van der Waals surface area contributed by atoms with E-state index in [1.165, 1.54) is 0 Å². The van der Waals surface area contributed by atoms with Crippen LogP contribution in [0.5, 0.6) is 5.75 Å². The van der Waals surface area contributed by atoms with E-state index in [0.717, 1.165) is 22.2 Å². The summed E-state index contributed by atoms with van der Waals surface area (Å²) >= 11 is 0. The highest BCUT2D eigenvalue weighted by Crippen LogP contribution is 2.29. The fraction of sp³-hybridized carbons (Fsp3) is 0.308. The monoisotopic (exact) mass is 431 g/mol. The maximum absolute atomic E-state index is 13.3. The smallest absolute Gasteiger partial charge is 0.275 e. The van der Waals surface area contributed by atoms with Crippen molar-refractivity contribution in [2.24, 2.45) is 13.0 Å². The number of nitrogens with one attached hydrogen (secondary N) is 1. The van der Waals surface area contributed by atoms with E-state index in [1.807, 2.05) is 67.1 Å². The quantitative estimate of drug-likeness (QED) is 0.469. The van der Waals surface area contributed by atoms with Crippen LogP contribution in [0.15, 0.2) is 59.5 Å². The van der Waals surface area contributed by atoms with Crippen LogP contribution in [0, 0.1) is 5.92 Å². The van der Waals surface area contributed by atoms with Crippen LogP contribution in [0.1, 0.15) is 36.7 Å². The van der Waals surface area contributed by atoms with Crippen molar-refractivity contribution in [2.45, 2.75) is 33.9 Å². The predicted molar refractivity (Wildman–Crippen MR) is 128 cm³/mol. The van der Waals surface area contributed by atoms with E-state index in [9.17, 15) is 9.59 Å². The molecule has 0 bridgehead atoms. The van der Waals surface area contributed by atoms with E-state index in [4.69, 9.17) is 4.74 Å². The van der Waals surface area contributed by atoms with Crippen molar-refractivity contribution < 1.29 is 9.53 Å². The van der Waals surface area contributed by atoms with Crippen molar-refractivity contribution in [3.05, 3.63) is 76.2 Å². The first-order valence-corrected chi connectivity index (χ1v) is 11.0. The topological polar surface area (TPSA) is 65.3 Å². The van der Waals surface area contributed by atoms with Crippen LogP contribution < -0.4 is 15.6 Å². The molecule has 1 amide bonds. The maximum atomic E-state index is 13.3. The number of para-hydroxylation sites is 1. The Bertz CT molecular complexity index is 1330. The lowest BCUT2D eigenvalue weighted by molar-refractivity contribution is 0.0951. The molecule has 6 nitrogen and oxygen atoms in total. The highest BCUT2D eigenvalue weighted by atomic mass is 16.5. The van der Waals surface area contributed by atoms with E-state index in [-0.39, 0.29) is 17.4 Å². The Morgan fingerprint density at radius 1 is 1.09 bits per heavy atom. The van der Waals surface area contributed by atoms with Gasteiger partial charge in [-0.1, -0.05) is 44.2 Å². The first-order chi connectivity index (χ1) is 15.4. The summed E-state index contributed by atoms with van der Waals surface area (Å²) in [4.78, 5) is 26.6. The number of pyridine rings is 1. The van der Waals surface area contributed by atoms with Crippen LogP contribution in [0.25, 0.3) is 21.8 Å². The zero-order chi connectivity index (χ0) is 22.8. The number of carbonyl (C=O) groups excluding carboxylic acids is 1. The normalized spacial score (nSPS) is 11.4. The highest BCUT2D eigenvalue weighted by Gasteiger charge is 2.21. The van der Waals surface area contributed by atoms with Gasteiger partial charge in [-0.25, -0.2) is 0 Å². The summed E-state index contributed by atoms with van der Waals surface area (Å²) in [5.74, 6) is 0.887. The van der Waals surface area contributed by atoms with Gasteiger partial charge < -0.3 is 19.2 Å². The van der Waals surface area contributed by atoms with Gasteiger partial charge in [0.1, 0.15) is 11.3 Å². The molecule has 0 atom stereocenters. The molecule has 166 valence electrons. The van der Waals surface area contributed by atoms with Gasteiger partial charge in [0.25, 0.3) is 11.5 Å². The SMILES string of the molecule is CCOc1ccc(CNC(=O)c2cn(CC(C)C)c(=O)c3c2c2ccccc2n3C)cc1. The summed E-state index contributed by atoms with van der Waals surface area (Å²) < 4.78 is 9.04. The van der Waals surface area contributed by atoms with Crippen molar-refractivity contribution in [2.75, 3.05) is 6.61 Å². The molecular weight excluding hydrogens is 402 g/mol. The van der Waals surface area contributed by atoms with Gasteiger partial charge >= 0.3 is 0 Å². The number of amides is 1. The van der Waals surface area contributed by atoms with Crippen molar-refractivity contribution in [1.82, 2.24) is 14.5 Å². The second-order valence-corrected chi connectivity index (χ2v) is 8.45. The molecule has 2 aromatic heterocycles. The maximum Gasteiger partial charge on any atom is 0.275 e. The number of benzene rings is 2. The van der Waals surface area contributed by atoms with Gasteiger partial charge in [0.15, 0.2) is 0 Å². The highest BCUT2D eigenvalue weighted by molar-refractivity contribution is 6.17. The first kappa shape index (κ1) is 21.7. The average molecular weight is 432 g/mol. The lowest BCUT2D eigenvalue weighted by Gasteiger charge is -2.13. The number of hydrogen-bond acceptors (Lipinski definition) is 3. The Balaban J connectivity index is 1.76. The van der Waals surface area contributed by atoms with Crippen LogP contribution in [0.2, 0.25) is 0 Å². The van der Waals surface area contributed by atoms with Gasteiger partial charge in [0.2, 0.25) is 0 Å². The molecule has 0 fully saturated rings. The largest absolute Gasteiger partial charge is 0.494 e. The molecule has 6 heteroatoms. The minimum Gasteiger partial charge on any atom is -0.494 e. The molecule has 0 radical (unpaired) electrons. The van der Waals surface area contributed by atoms with Gasteiger partial charge in [-0.15, -0.1) is 0 Å². The summed E-state index contributed by atoms with van der Waals surface area (Å²) in [5, 5.41) is 4.64. The molecule has 1 N–H and O–H groups in total. The first-order valence-electron chi connectivity index (χ1n) is 11.0. The van der Waals surface area contributed by atoms with E-state index in [2.05, 4.69) is 19.2 Å². The van der Waals surface area contributed by atoms with E-state index >= 15 is 0 Å². The molecular formula is C26H29N3O3. The van der Waals surface area contributed by atoms with Gasteiger partial charge in [-0.3, -0.25) is 9.59 Å². The summed E-state index contributed by atoms with van der Waals surface area (Å²) in [7, 11) is 1.88. The third kappa shape index (κ3) is 4.00. The van der Waals surface area contributed by atoms with Crippen molar-refractivity contribution in [3.8, 4) is 5.75 Å². The van der Waals surface area contributed by atoms with Gasteiger partial charge in [0.05, 0.1) is 12.2 Å². The van der Waals surface area contributed by atoms with Crippen LogP contribution in [0.3, 0.4) is 0 Å².